The molecule has 6 heteroatoms. The third kappa shape index (κ3) is 3.26. The number of aliphatic hydroxyl groups excluding tert-OH is 1. The van der Waals surface area contributed by atoms with Gasteiger partial charge in [0, 0.05) is 12.5 Å². The van der Waals surface area contributed by atoms with Crippen LogP contribution in [0, 0.1) is 0 Å². The second-order valence-electron chi connectivity index (χ2n) is 7.00. The van der Waals surface area contributed by atoms with Gasteiger partial charge in [0.1, 0.15) is 5.82 Å². The summed E-state index contributed by atoms with van der Waals surface area (Å²) in [6.07, 6.45) is 7.61. The lowest BCUT2D eigenvalue weighted by molar-refractivity contribution is 0.144. The first kappa shape index (κ1) is 16.1. The van der Waals surface area contributed by atoms with E-state index < -0.39 is 6.10 Å². The largest absolute Gasteiger partial charge is 0.390 e. The lowest BCUT2D eigenvalue weighted by atomic mass is 9.96. The van der Waals surface area contributed by atoms with Gasteiger partial charge in [-0.2, -0.15) is 5.10 Å². The molecule has 2 amide bonds. The first-order valence-electron chi connectivity index (χ1n) is 9.09. The molecule has 25 heavy (non-hydrogen) atoms. The Kier molecular flexibility index (Phi) is 4.44. The van der Waals surface area contributed by atoms with Gasteiger partial charge in [-0.25, -0.2) is 9.48 Å². The first-order valence-corrected chi connectivity index (χ1v) is 9.09. The van der Waals surface area contributed by atoms with Crippen molar-refractivity contribution in [1.29, 1.82) is 0 Å². The maximum absolute atomic E-state index is 12.5. The number of aliphatic hydroxyl groups is 1. The van der Waals surface area contributed by atoms with Crippen molar-refractivity contribution < 1.29 is 9.90 Å². The molecule has 0 bridgehead atoms. The standard InChI is InChI=1S/C19H24N4O2/c24-16-12-13-6-4-5-9-15(13)18(16)22-19(25)21-17-10-11-20-23(17)14-7-2-1-3-8-14/h4-6,9-11,14,16,18,24H,1-3,7-8,12H2,(H2,21,22,25)/t16-,18+/m0/s1. The van der Waals surface area contributed by atoms with Crippen LogP contribution in [0.15, 0.2) is 36.5 Å². The van der Waals surface area contributed by atoms with E-state index in [1.807, 2.05) is 35.0 Å². The molecule has 2 atom stereocenters. The van der Waals surface area contributed by atoms with Gasteiger partial charge < -0.3 is 10.4 Å². The predicted octanol–water partition coefficient (Wildman–Crippen LogP) is 3.17. The highest BCUT2D eigenvalue weighted by Gasteiger charge is 2.32. The Hall–Kier alpha value is -2.34. The topological polar surface area (TPSA) is 79.2 Å². The molecular formula is C19H24N4O2. The number of amides is 2. The summed E-state index contributed by atoms with van der Waals surface area (Å²) >= 11 is 0. The highest BCUT2D eigenvalue weighted by atomic mass is 16.3. The number of benzene rings is 1. The van der Waals surface area contributed by atoms with E-state index in [2.05, 4.69) is 15.7 Å². The Morgan fingerprint density at radius 1 is 1.16 bits per heavy atom. The minimum absolute atomic E-state index is 0.307. The normalized spacial score (nSPS) is 23.2. The highest BCUT2D eigenvalue weighted by molar-refractivity contribution is 5.88. The summed E-state index contributed by atoms with van der Waals surface area (Å²) in [5.74, 6) is 0.713. The third-order valence-corrected chi connectivity index (χ3v) is 5.32. The molecule has 0 unspecified atom stereocenters. The fraction of sp³-hybridized carbons (Fsp3) is 0.474. The van der Waals surface area contributed by atoms with Crippen LogP contribution in [0.25, 0.3) is 0 Å². The quantitative estimate of drug-likeness (QED) is 0.803. The van der Waals surface area contributed by atoms with Gasteiger partial charge in [-0.3, -0.25) is 5.32 Å². The van der Waals surface area contributed by atoms with Gasteiger partial charge >= 0.3 is 6.03 Å². The summed E-state index contributed by atoms with van der Waals surface area (Å²) in [5, 5.41) is 20.5. The van der Waals surface area contributed by atoms with Crippen LogP contribution in [-0.2, 0) is 6.42 Å². The number of urea groups is 1. The molecule has 2 aliphatic carbocycles. The number of rotatable bonds is 3. The summed E-state index contributed by atoms with van der Waals surface area (Å²) in [7, 11) is 0. The second-order valence-corrected chi connectivity index (χ2v) is 7.00. The second kappa shape index (κ2) is 6.88. The molecule has 0 radical (unpaired) electrons. The van der Waals surface area contributed by atoms with Crippen molar-refractivity contribution in [3.63, 3.8) is 0 Å². The molecule has 1 fully saturated rings. The van der Waals surface area contributed by atoms with Crippen molar-refractivity contribution in [3.05, 3.63) is 47.7 Å². The van der Waals surface area contributed by atoms with Crippen LogP contribution in [-0.4, -0.2) is 27.0 Å². The Morgan fingerprint density at radius 3 is 2.80 bits per heavy atom. The molecule has 2 aliphatic rings. The number of carbonyl (C=O) groups excluding carboxylic acids is 1. The van der Waals surface area contributed by atoms with Crippen LogP contribution in [0.3, 0.4) is 0 Å². The highest BCUT2D eigenvalue weighted by Crippen LogP contribution is 2.32. The van der Waals surface area contributed by atoms with Crippen LogP contribution >= 0.6 is 0 Å². The number of nitrogens with zero attached hydrogens (tertiary/aromatic N) is 2. The molecule has 1 heterocycles. The van der Waals surface area contributed by atoms with E-state index in [4.69, 9.17) is 0 Å². The number of aromatic nitrogens is 2. The SMILES string of the molecule is O=C(Nc1ccnn1C1CCCCC1)N[C@@H]1c2ccccc2C[C@@H]1O. The summed E-state index contributed by atoms with van der Waals surface area (Å²) in [6, 6.07) is 9.35. The number of carbonyl (C=O) groups is 1. The molecule has 2 aromatic rings. The molecule has 0 spiro atoms. The molecule has 1 aromatic heterocycles. The van der Waals surface area contributed by atoms with Gasteiger partial charge in [-0.1, -0.05) is 43.5 Å². The number of anilines is 1. The molecule has 0 aliphatic heterocycles. The fourth-order valence-corrected chi connectivity index (χ4v) is 4.07. The van der Waals surface area contributed by atoms with Gasteiger partial charge in [0.2, 0.25) is 0 Å². The van der Waals surface area contributed by atoms with Crippen molar-refractivity contribution in [3.8, 4) is 0 Å². The molecule has 3 N–H and O–H groups in total. The molecule has 1 aromatic carbocycles. The summed E-state index contributed by atoms with van der Waals surface area (Å²) in [5.41, 5.74) is 2.08. The van der Waals surface area contributed by atoms with Crippen LogP contribution < -0.4 is 10.6 Å². The number of hydrogen-bond acceptors (Lipinski definition) is 3. The zero-order valence-corrected chi connectivity index (χ0v) is 14.2. The Bertz CT molecular complexity index is 751. The van der Waals surface area contributed by atoms with Crippen molar-refractivity contribution in [1.82, 2.24) is 15.1 Å². The molecule has 0 saturated heterocycles. The predicted molar refractivity (Wildman–Crippen MR) is 95.4 cm³/mol. The maximum Gasteiger partial charge on any atom is 0.320 e. The average molecular weight is 340 g/mol. The Labute approximate surface area is 147 Å². The van der Waals surface area contributed by atoms with E-state index in [1.54, 1.807) is 6.20 Å². The Balaban J connectivity index is 1.44. The van der Waals surface area contributed by atoms with Crippen molar-refractivity contribution >= 4 is 11.8 Å². The van der Waals surface area contributed by atoms with E-state index in [0.29, 0.717) is 18.3 Å². The maximum atomic E-state index is 12.5. The summed E-state index contributed by atoms with van der Waals surface area (Å²) < 4.78 is 1.93. The average Bonchev–Trinajstić information content (AvgIpc) is 3.20. The monoisotopic (exact) mass is 340 g/mol. The molecular weight excluding hydrogens is 316 g/mol. The van der Waals surface area contributed by atoms with Gasteiger partial charge in [0.05, 0.1) is 24.4 Å². The fourth-order valence-electron chi connectivity index (χ4n) is 4.07. The number of hydrogen-bond donors (Lipinski definition) is 3. The van der Waals surface area contributed by atoms with Crippen LogP contribution in [0.2, 0.25) is 0 Å². The van der Waals surface area contributed by atoms with Crippen LogP contribution in [0.1, 0.15) is 55.3 Å². The van der Waals surface area contributed by atoms with Crippen LogP contribution in [0.4, 0.5) is 10.6 Å². The Morgan fingerprint density at radius 2 is 1.96 bits per heavy atom. The van der Waals surface area contributed by atoms with Gasteiger partial charge in [0.15, 0.2) is 0 Å². The lowest BCUT2D eigenvalue weighted by Gasteiger charge is -2.24. The van der Waals surface area contributed by atoms with Gasteiger partial charge in [-0.05, 0) is 24.0 Å². The van der Waals surface area contributed by atoms with Gasteiger partial charge in [0.25, 0.3) is 0 Å². The molecule has 4 rings (SSSR count). The first-order chi connectivity index (χ1) is 12.2. The van der Waals surface area contributed by atoms with E-state index >= 15 is 0 Å². The van der Waals surface area contributed by atoms with Crippen LogP contribution in [0.5, 0.6) is 0 Å². The smallest absolute Gasteiger partial charge is 0.320 e. The molecule has 1 saturated carbocycles. The van der Waals surface area contributed by atoms with Crippen molar-refractivity contribution in [2.24, 2.45) is 0 Å². The van der Waals surface area contributed by atoms with E-state index in [-0.39, 0.29) is 12.1 Å². The summed E-state index contributed by atoms with van der Waals surface area (Å²) in [6.45, 7) is 0. The molecule has 6 nitrogen and oxygen atoms in total. The van der Waals surface area contributed by atoms with E-state index in [9.17, 15) is 9.90 Å². The molecule has 132 valence electrons. The number of fused-ring (bicyclic) bond motifs is 1. The van der Waals surface area contributed by atoms with Crippen molar-refractivity contribution in [2.75, 3.05) is 5.32 Å². The van der Waals surface area contributed by atoms with Gasteiger partial charge in [-0.15, -0.1) is 0 Å². The lowest BCUT2D eigenvalue weighted by Crippen LogP contribution is -2.37. The zero-order chi connectivity index (χ0) is 17.2. The van der Waals surface area contributed by atoms with E-state index in [0.717, 1.165) is 24.0 Å². The third-order valence-electron chi connectivity index (χ3n) is 5.32. The van der Waals surface area contributed by atoms with Crippen molar-refractivity contribution in [2.45, 2.75) is 56.7 Å². The summed E-state index contributed by atoms with van der Waals surface area (Å²) in [4.78, 5) is 12.5. The van der Waals surface area contributed by atoms with E-state index in [1.165, 1.54) is 19.3 Å². The number of nitrogens with one attached hydrogen (secondary N) is 2. The minimum Gasteiger partial charge on any atom is -0.390 e. The minimum atomic E-state index is -0.591. The zero-order valence-electron chi connectivity index (χ0n) is 14.2.